The smallest absolute Gasteiger partial charge is 0.306 e. The van der Waals surface area contributed by atoms with Crippen LogP contribution >= 0.6 is 0 Å². The number of carbonyl (C=O) groups is 3. The lowest BCUT2D eigenvalue weighted by Gasteiger charge is -2.18. The molecule has 0 saturated heterocycles. The van der Waals surface area contributed by atoms with E-state index in [2.05, 4.69) is 75.5 Å². The second-order valence-corrected chi connectivity index (χ2v) is 15.6. The molecule has 0 fully saturated rings. The van der Waals surface area contributed by atoms with E-state index >= 15 is 0 Å². The van der Waals surface area contributed by atoms with Crippen molar-refractivity contribution >= 4 is 17.9 Å². The minimum Gasteiger partial charge on any atom is -0.462 e. The van der Waals surface area contributed by atoms with Crippen LogP contribution in [-0.4, -0.2) is 37.2 Å². The molecule has 0 radical (unpaired) electrons. The summed E-state index contributed by atoms with van der Waals surface area (Å²) in [6.07, 6.45) is 55.1. The minimum atomic E-state index is -0.820. The highest BCUT2D eigenvalue weighted by molar-refractivity contribution is 5.71. The number of rotatable bonds is 42. The molecule has 6 heteroatoms. The van der Waals surface area contributed by atoms with Crippen LogP contribution in [-0.2, 0) is 28.6 Å². The average Bonchev–Trinajstić information content (AvgIpc) is 3.21. The Morgan fingerprint density at radius 1 is 0.368 bits per heavy atom. The van der Waals surface area contributed by atoms with Gasteiger partial charge in [0.2, 0.25) is 0 Å². The topological polar surface area (TPSA) is 78.9 Å². The Hall–Kier alpha value is -2.89. The number of unbranched alkanes of at least 4 members (excludes halogenated alkanes) is 21. The van der Waals surface area contributed by atoms with Crippen molar-refractivity contribution in [2.24, 2.45) is 0 Å². The maximum atomic E-state index is 12.7. The predicted octanol–water partition coefficient (Wildman–Crippen LogP) is 15.3. The molecule has 0 aromatic heterocycles. The Balaban J connectivity index is 4.47. The van der Waals surface area contributed by atoms with E-state index in [0.717, 1.165) is 57.8 Å². The monoisotopic (exact) mass is 797 g/mol. The van der Waals surface area contributed by atoms with Crippen LogP contribution in [0.2, 0.25) is 0 Å². The molecule has 0 rings (SSSR count). The van der Waals surface area contributed by atoms with Crippen molar-refractivity contribution in [1.29, 1.82) is 0 Å². The number of hydrogen-bond donors (Lipinski definition) is 0. The van der Waals surface area contributed by atoms with Gasteiger partial charge in [0.1, 0.15) is 13.2 Å². The molecule has 0 N–H and O–H groups in total. The first-order chi connectivity index (χ1) is 28.0. The number of ether oxygens (including phenoxy) is 3. The van der Waals surface area contributed by atoms with Crippen LogP contribution in [0.4, 0.5) is 0 Å². The van der Waals surface area contributed by atoms with Crippen LogP contribution in [0, 0.1) is 0 Å². The molecule has 0 bridgehead atoms. The Morgan fingerprint density at radius 2 is 0.737 bits per heavy atom. The SMILES string of the molecule is CC/C=C\C/C=C\C/C=C\CCCC(=O)OCC(COC(=O)CCCCCCCCCCCCCCCCC)OC(=O)CC/C=C\C/C=C\CCCCCCCC. The molecule has 0 aromatic carbocycles. The van der Waals surface area contributed by atoms with Gasteiger partial charge in [0, 0.05) is 19.3 Å². The van der Waals surface area contributed by atoms with Gasteiger partial charge in [-0.25, -0.2) is 0 Å². The van der Waals surface area contributed by atoms with Crippen LogP contribution in [0.1, 0.15) is 226 Å². The standard InChI is InChI=1S/C51H88O6/c1-4-7-10-13-16-19-22-24-25-27-29-32-35-38-41-44-50(53)56-47-48(46-55-49(52)43-40-37-34-31-28-21-18-15-12-9-6-3)57-51(54)45-42-39-36-33-30-26-23-20-17-14-11-8-5-2/h9,12,18,21,26,30-31,34,36,39,48H,4-8,10-11,13-17,19-20,22-25,27-29,32-33,35,37-38,40-47H2,1-3H3/b12-9-,21-18-,30-26-,34-31-,39-36-. The molecule has 0 aromatic rings. The molecule has 0 aliphatic carbocycles. The molecule has 0 aliphatic rings. The fraction of sp³-hybridized carbons (Fsp3) is 0.745. The lowest BCUT2D eigenvalue weighted by atomic mass is 10.0. The van der Waals surface area contributed by atoms with E-state index in [1.54, 1.807) is 0 Å². The lowest BCUT2D eigenvalue weighted by molar-refractivity contribution is -0.166. The zero-order valence-corrected chi connectivity index (χ0v) is 37.3. The summed E-state index contributed by atoms with van der Waals surface area (Å²) in [7, 11) is 0. The number of hydrogen-bond acceptors (Lipinski definition) is 6. The van der Waals surface area contributed by atoms with E-state index in [0.29, 0.717) is 19.3 Å². The molecule has 0 aliphatic heterocycles. The first kappa shape index (κ1) is 54.1. The van der Waals surface area contributed by atoms with E-state index in [9.17, 15) is 14.4 Å². The third kappa shape index (κ3) is 44.1. The third-order valence-electron chi connectivity index (χ3n) is 10.0. The fourth-order valence-corrected chi connectivity index (χ4v) is 6.46. The zero-order chi connectivity index (χ0) is 41.5. The summed E-state index contributed by atoms with van der Waals surface area (Å²) in [5.41, 5.74) is 0. The summed E-state index contributed by atoms with van der Waals surface area (Å²) in [4.78, 5) is 37.7. The number of esters is 3. The molecule has 1 atom stereocenters. The van der Waals surface area contributed by atoms with Crippen molar-refractivity contribution in [1.82, 2.24) is 0 Å². The van der Waals surface area contributed by atoms with Crippen LogP contribution in [0.3, 0.4) is 0 Å². The van der Waals surface area contributed by atoms with Crippen molar-refractivity contribution in [2.75, 3.05) is 13.2 Å². The molecule has 6 nitrogen and oxygen atoms in total. The van der Waals surface area contributed by atoms with Crippen LogP contribution < -0.4 is 0 Å². The van der Waals surface area contributed by atoms with Gasteiger partial charge in [0.15, 0.2) is 6.10 Å². The van der Waals surface area contributed by atoms with E-state index in [-0.39, 0.29) is 38.0 Å². The average molecular weight is 797 g/mol. The van der Waals surface area contributed by atoms with Crippen LogP contribution in [0.15, 0.2) is 60.8 Å². The largest absolute Gasteiger partial charge is 0.462 e. The van der Waals surface area contributed by atoms with E-state index in [4.69, 9.17) is 14.2 Å². The first-order valence-corrected chi connectivity index (χ1v) is 23.8. The van der Waals surface area contributed by atoms with Crippen molar-refractivity contribution in [2.45, 2.75) is 232 Å². The van der Waals surface area contributed by atoms with Gasteiger partial charge in [-0.05, 0) is 64.2 Å². The molecule has 0 amide bonds. The molecule has 328 valence electrons. The normalized spacial score (nSPS) is 12.5. The summed E-state index contributed by atoms with van der Waals surface area (Å²) in [6.45, 7) is 6.41. The number of carbonyl (C=O) groups excluding carboxylic acids is 3. The number of allylic oxidation sites excluding steroid dienone is 10. The van der Waals surface area contributed by atoms with Gasteiger partial charge in [-0.2, -0.15) is 0 Å². The highest BCUT2D eigenvalue weighted by atomic mass is 16.6. The van der Waals surface area contributed by atoms with Crippen molar-refractivity contribution in [3.05, 3.63) is 60.8 Å². The van der Waals surface area contributed by atoms with Gasteiger partial charge in [-0.1, -0.05) is 204 Å². The van der Waals surface area contributed by atoms with Crippen LogP contribution in [0.5, 0.6) is 0 Å². The Morgan fingerprint density at radius 3 is 1.21 bits per heavy atom. The zero-order valence-electron chi connectivity index (χ0n) is 37.3. The first-order valence-electron chi connectivity index (χ1n) is 23.8. The van der Waals surface area contributed by atoms with Gasteiger partial charge in [0.25, 0.3) is 0 Å². The fourth-order valence-electron chi connectivity index (χ4n) is 6.46. The minimum absolute atomic E-state index is 0.111. The van der Waals surface area contributed by atoms with Crippen molar-refractivity contribution in [3.8, 4) is 0 Å². The quantitative estimate of drug-likeness (QED) is 0.0265. The van der Waals surface area contributed by atoms with E-state index in [1.807, 2.05) is 6.08 Å². The molecule has 0 saturated carbocycles. The van der Waals surface area contributed by atoms with Crippen molar-refractivity contribution in [3.63, 3.8) is 0 Å². The second-order valence-electron chi connectivity index (χ2n) is 15.6. The Labute approximate surface area is 351 Å². The summed E-state index contributed by atoms with van der Waals surface area (Å²) < 4.78 is 16.6. The van der Waals surface area contributed by atoms with Gasteiger partial charge in [0.05, 0.1) is 0 Å². The van der Waals surface area contributed by atoms with Crippen molar-refractivity contribution < 1.29 is 28.6 Å². The van der Waals surface area contributed by atoms with Gasteiger partial charge < -0.3 is 14.2 Å². The van der Waals surface area contributed by atoms with Gasteiger partial charge >= 0.3 is 17.9 Å². The molecule has 1 unspecified atom stereocenters. The van der Waals surface area contributed by atoms with Crippen LogP contribution in [0.25, 0.3) is 0 Å². The van der Waals surface area contributed by atoms with E-state index in [1.165, 1.54) is 116 Å². The lowest BCUT2D eigenvalue weighted by Crippen LogP contribution is -2.30. The Bertz CT molecular complexity index is 1050. The summed E-state index contributed by atoms with van der Waals surface area (Å²) in [6, 6.07) is 0. The Kier molecular flexibility index (Phi) is 43.5. The highest BCUT2D eigenvalue weighted by Gasteiger charge is 2.19. The van der Waals surface area contributed by atoms with Gasteiger partial charge in [-0.3, -0.25) is 14.4 Å². The molecule has 57 heavy (non-hydrogen) atoms. The molecule has 0 heterocycles. The summed E-state index contributed by atoms with van der Waals surface area (Å²) in [5, 5.41) is 0. The highest BCUT2D eigenvalue weighted by Crippen LogP contribution is 2.14. The predicted molar refractivity (Wildman–Crippen MR) is 242 cm³/mol. The molecular formula is C51H88O6. The molecular weight excluding hydrogens is 709 g/mol. The van der Waals surface area contributed by atoms with E-state index < -0.39 is 12.1 Å². The summed E-state index contributed by atoms with van der Waals surface area (Å²) in [5.74, 6) is -1.04. The summed E-state index contributed by atoms with van der Waals surface area (Å²) >= 11 is 0. The maximum Gasteiger partial charge on any atom is 0.306 e. The third-order valence-corrected chi connectivity index (χ3v) is 10.0. The molecule has 0 spiro atoms. The maximum absolute atomic E-state index is 12.7. The second kappa shape index (κ2) is 45.8. The van der Waals surface area contributed by atoms with Gasteiger partial charge in [-0.15, -0.1) is 0 Å².